The maximum Gasteiger partial charge on any atom is 0.305 e. The number of carboxylic acids is 1. The molecule has 6 heteroatoms. The van der Waals surface area contributed by atoms with Gasteiger partial charge in [-0.3, -0.25) is 9.69 Å². The van der Waals surface area contributed by atoms with Gasteiger partial charge in [0, 0.05) is 12.6 Å². The summed E-state index contributed by atoms with van der Waals surface area (Å²) >= 11 is 6.01. The standard InChI is InChI=1S/C14H22ClN3O2/c1-17(10-12-16-9-11(15)18(12)2)14(8-13(19)20)6-4-3-5-7-14/h9H,3-8,10H2,1-2H3,(H,19,20). The Bertz CT molecular complexity index is 481. The van der Waals surface area contributed by atoms with Crippen molar-refractivity contribution in [3.63, 3.8) is 0 Å². The second-order valence-corrected chi connectivity index (χ2v) is 6.15. The van der Waals surface area contributed by atoms with E-state index in [0.717, 1.165) is 31.5 Å². The van der Waals surface area contributed by atoms with E-state index in [2.05, 4.69) is 9.88 Å². The van der Waals surface area contributed by atoms with Crippen molar-refractivity contribution in [3.8, 4) is 0 Å². The summed E-state index contributed by atoms with van der Waals surface area (Å²) in [5.74, 6) is 0.143. The first-order valence-corrected chi connectivity index (χ1v) is 7.41. The molecule has 1 N–H and O–H groups in total. The SMILES string of the molecule is CN(Cc1ncc(Cl)n1C)C1(CC(=O)O)CCCCC1. The van der Waals surface area contributed by atoms with Crippen molar-refractivity contribution in [1.82, 2.24) is 14.5 Å². The van der Waals surface area contributed by atoms with E-state index in [-0.39, 0.29) is 12.0 Å². The van der Waals surface area contributed by atoms with Gasteiger partial charge in [-0.2, -0.15) is 0 Å². The molecule has 0 unspecified atom stereocenters. The molecule has 0 aliphatic heterocycles. The average Bonchev–Trinajstić information content (AvgIpc) is 2.71. The van der Waals surface area contributed by atoms with Gasteiger partial charge in [0.2, 0.25) is 0 Å². The molecule has 0 bridgehead atoms. The largest absolute Gasteiger partial charge is 0.481 e. The van der Waals surface area contributed by atoms with E-state index in [1.807, 2.05) is 18.7 Å². The second kappa shape index (κ2) is 6.14. The Morgan fingerprint density at radius 1 is 1.50 bits per heavy atom. The molecule has 1 aromatic rings. The number of imidazole rings is 1. The summed E-state index contributed by atoms with van der Waals surface area (Å²) in [6, 6.07) is 0. The predicted molar refractivity (Wildman–Crippen MR) is 77.8 cm³/mol. The zero-order valence-electron chi connectivity index (χ0n) is 12.1. The molecule has 20 heavy (non-hydrogen) atoms. The smallest absolute Gasteiger partial charge is 0.305 e. The summed E-state index contributed by atoms with van der Waals surface area (Å²) in [6.45, 7) is 0.622. The molecule has 1 aromatic heterocycles. The van der Waals surface area contributed by atoms with Crippen LogP contribution < -0.4 is 0 Å². The molecular formula is C14H22ClN3O2. The first-order chi connectivity index (χ1) is 9.44. The lowest BCUT2D eigenvalue weighted by Crippen LogP contribution is -2.49. The molecule has 2 rings (SSSR count). The maximum atomic E-state index is 11.2. The molecule has 1 aliphatic carbocycles. The topological polar surface area (TPSA) is 58.4 Å². The lowest BCUT2D eigenvalue weighted by atomic mass is 9.78. The Morgan fingerprint density at radius 2 is 2.15 bits per heavy atom. The maximum absolute atomic E-state index is 11.2. The molecule has 0 spiro atoms. The molecule has 0 radical (unpaired) electrons. The van der Waals surface area contributed by atoms with Crippen LogP contribution in [-0.4, -0.2) is 38.1 Å². The van der Waals surface area contributed by atoms with Gasteiger partial charge >= 0.3 is 5.97 Å². The van der Waals surface area contributed by atoms with Gasteiger partial charge in [0.15, 0.2) is 0 Å². The number of hydrogen-bond acceptors (Lipinski definition) is 3. The second-order valence-electron chi connectivity index (χ2n) is 5.77. The molecule has 0 amide bonds. The van der Waals surface area contributed by atoms with Gasteiger partial charge in [0.05, 0.1) is 19.2 Å². The summed E-state index contributed by atoms with van der Waals surface area (Å²) in [4.78, 5) is 17.7. The molecule has 1 saturated carbocycles. The monoisotopic (exact) mass is 299 g/mol. The lowest BCUT2D eigenvalue weighted by Gasteiger charge is -2.43. The fraction of sp³-hybridized carbons (Fsp3) is 0.714. The van der Waals surface area contributed by atoms with Gasteiger partial charge in [-0.15, -0.1) is 0 Å². The first-order valence-electron chi connectivity index (χ1n) is 7.04. The average molecular weight is 300 g/mol. The Balaban J connectivity index is 2.15. The van der Waals surface area contributed by atoms with Crippen LogP contribution in [0.3, 0.4) is 0 Å². The van der Waals surface area contributed by atoms with Crippen molar-refractivity contribution in [2.45, 2.75) is 50.6 Å². The lowest BCUT2D eigenvalue weighted by molar-refractivity contribution is -0.141. The third-order valence-electron chi connectivity index (χ3n) is 4.48. The quantitative estimate of drug-likeness (QED) is 0.908. The van der Waals surface area contributed by atoms with Crippen LogP contribution in [0.2, 0.25) is 5.15 Å². The third-order valence-corrected chi connectivity index (χ3v) is 4.83. The van der Waals surface area contributed by atoms with Crippen LogP contribution in [0.5, 0.6) is 0 Å². The molecule has 0 atom stereocenters. The van der Waals surface area contributed by atoms with Gasteiger partial charge in [-0.25, -0.2) is 4.98 Å². The number of aliphatic carboxylic acids is 1. The molecule has 0 aromatic carbocycles. The van der Waals surface area contributed by atoms with Crippen LogP contribution in [0.25, 0.3) is 0 Å². The highest BCUT2D eigenvalue weighted by Crippen LogP contribution is 2.36. The zero-order chi connectivity index (χ0) is 14.8. The Morgan fingerprint density at radius 3 is 2.65 bits per heavy atom. The van der Waals surface area contributed by atoms with Gasteiger partial charge in [-0.1, -0.05) is 30.9 Å². The third kappa shape index (κ3) is 3.15. The van der Waals surface area contributed by atoms with Crippen LogP contribution in [-0.2, 0) is 18.4 Å². The fourth-order valence-corrected chi connectivity index (χ4v) is 3.28. The number of carboxylic acid groups (broad SMARTS) is 1. The number of hydrogen-bond donors (Lipinski definition) is 1. The van der Waals surface area contributed by atoms with Crippen LogP contribution in [0.1, 0.15) is 44.3 Å². The molecular weight excluding hydrogens is 278 g/mol. The van der Waals surface area contributed by atoms with E-state index in [4.69, 9.17) is 11.6 Å². The fourth-order valence-electron chi connectivity index (χ4n) is 3.14. The number of nitrogens with zero attached hydrogens (tertiary/aromatic N) is 3. The van der Waals surface area contributed by atoms with Crippen molar-refractivity contribution in [3.05, 3.63) is 17.2 Å². The van der Waals surface area contributed by atoms with E-state index < -0.39 is 5.97 Å². The molecule has 5 nitrogen and oxygen atoms in total. The van der Waals surface area contributed by atoms with Gasteiger partial charge in [0.25, 0.3) is 0 Å². The minimum absolute atomic E-state index is 0.196. The number of carbonyl (C=O) groups is 1. The normalized spacial score (nSPS) is 18.4. The summed E-state index contributed by atoms with van der Waals surface area (Å²) in [7, 11) is 3.88. The number of rotatable bonds is 5. The minimum atomic E-state index is -0.725. The minimum Gasteiger partial charge on any atom is -0.481 e. The zero-order valence-corrected chi connectivity index (χ0v) is 12.9. The molecule has 1 aliphatic rings. The van der Waals surface area contributed by atoms with Crippen LogP contribution in [0.4, 0.5) is 0 Å². The van der Waals surface area contributed by atoms with Crippen molar-refractivity contribution < 1.29 is 9.90 Å². The highest BCUT2D eigenvalue weighted by molar-refractivity contribution is 6.29. The molecule has 0 saturated heterocycles. The van der Waals surface area contributed by atoms with E-state index in [1.54, 1.807) is 6.20 Å². The first kappa shape index (κ1) is 15.3. The highest BCUT2D eigenvalue weighted by atomic mass is 35.5. The molecule has 1 heterocycles. The van der Waals surface area contributed by atoms with Crippen LogP contribution >= 0.6 is 11.6 Å². The summed E-state index contributed by atoms with van der Waals surface area (Å²) in [6.07, 6.45) is 7.10. The Kier molecular flexibility index (Phi) is 4.70. The van der Waals surface area contributed by atoms with Gasteiger partial charge < -0.3 is 9.67 Å². The predicted octanol–water partition coefficient (Wildman–Crippen LogP) is 2.68. The van der Waals surface area contributed by atoms with E-state index in [9.17, 15) is 9.90 Å². The Hall–Kier alpha value is -1.07. The van der Waals surface area contributed by atoms with E-state index in [1.165, 1.54) is 6.42 Å². The Labute approximate surface area is 124 Å². The molecule has 1 fully saturated rings. The summed E-state index contributed by atoms with van der Waals surface area (Å²) < 4.78 is 1.84. The van der Waals surface area contributed by atoms with Crippen molar-refractivity contribution in [2.24, 2.45) is 7.05 Å². The van der Waals surface area contributed by atoms with Crippen LogP contribution in [0.15, 0.2) is 6.20 Å². The van der Waals surface area contributed by atoms with E-state index >= 15 is 0 Å². The summed E-state index contributed by atoms with van der Waals surface area (Å²) in [5, 5.41) is 9.84. The van der Waals surface area contributed by atoms with Crippen molar-refractivity contribution in [1.29, 1.82) is 0 Å². The number of halogens is 1. The van der Waals surface area contributed by atoms with Gasteiger partial charge in [0.1, 0.15) is 11.0 Å². The summed E-state index contributed by atoms with van der Waals surface area (Å²) in [5.41, 5.74) is -0.248. The number of aromatic nitrogens is 2. The van der Waals surface area contributed by atoms with Crippen molar-refractivity contribution in [2.75, 3.05) is 7.05 Å². The van der Waals surface area contributed by atoms with Crippen molar-refractivity contribution >= 4 is 17.6 Å². The highest BCUT2D eigenvalue weighted by Gasteiger charge is 2.38. The van der Waals surface area contributed by atoms with E-state index in [0.29, 0.717) is 11.7 Å². The van der Waals surface area contributed by atoms with Crippen LogP contribution in [0, 0.1) is 0 Å². The van der Waals surface area contributed by atoms with Gasteiger partial charge in [-0.05, 0) is 19.9 Å². The molecule has 112 valence electrons.